The lowest BCUT2D eigenvalue weighted by molar-refractivity contribution is 0.257. The van der Waals surface area contributed by atoms with Crippen LogP contribution in [0.4, 0.5) is 4.39 Å². The molecule has 0 amide bonds. The summed E-state index contributed by atoms with van der Waals surface area (Å²) < 4.78 is 19.5. The van der Waals surface area contributed by atoms with E-state index in [1.54, 1.807) is 18.5 Å². The number of aromatic nitrogens is 2. The maximum atomic E-state index is 14.2. The lowest BCUT2D eigenvalue weighted by atomic mass is 9.96. The monoisotopic (exact) mass is 284 g/mol. The Balaban J connectivity index is 1.84. The Labute approximate surface area is 120 Å². The van der Waals surface area contributed by atoms with Gasteiger partial charge in [-0.3, -0.25) is 0 Å². The van der Waals surface area contributed by atoms with Crippen LogP contribution in [0.5, 0.6) is 0 Å². The lowest BCUT2D eigenvalue weighted by Crippen LogP contribution is -2.28. The van der Waals surface area contributed by atoms with Crippen LogP contribution in [0.3, 0.4) is 0 Å². The van der Waals surface area contributed by atoms with E-state index >= 15 is 0 Å². The van der Waals surface area contributed by atoms with Crippen molar-refractivity contribution in [3.63, 3.8) is 0 Å². The van der Waals surface area contributed by atoms with Crippen molar-refractivity contribution in [2.24, 2.45) is 10.7 Å². The molecule has 5 nitrogen and oxygen atoms in total. The van der Waals surface area contributed by atoms with Gasteiger partial charge in [0.2, 0.25) is 0 Å². The number of nitrogens with zero attached hydrogens (tertiary/aromatic N) is 3. The summed E-state index contributed by atoms with van der Waals surface area (Å²) in [7, 11) is 0. The van der Waals surface area contributed by atoms with E-state index in [0.29, 0.717) is 25.0 Å². The number of hydrogen-bond donors (Lipinski definition) is 1. The Morgan fingerprint density at radius 3 is 2.62 bits per heavy atom. The molecule has 0 radical (unpaired) electrons. The zero-order valence-electron chi connectivity index (χ0n) is 11.2. The summed E-state index contributed by atoms with van der Waals surface area (Å²) in [6.07, 6.45) is 6.06. The Morgan fingerprint density at radius 1 is 1.14 bits per heavy atom. The molecular weight excluding hydrogens is 271 g/mol. The predicted molar refractivity (Wildman–Crippen MR) is 75.1 cm³/mol. The normalized spacial score (nSPS) is 23.0. The molecule has 21 heavy (non-hydrogen) atoms. The fourth-order valence-corrected chi connectivity index (χ4v) is 3.17. The number of rotatable bonds is 1. The number of benzene rings is 1. The van der Waals surface area contributed by atoms with Crippen molar-refractivity contribution in [2.75, 3.05) is 6.61 Å². The fourth-order valence-electron chi connectivity index (χ4n) is 3.17. The van der Waals surface area contributed by atoms with E-state index in [0.717, 1.165) is 16.7 Å². The zero-order chi connectivity index (χ0) is 14.4. The molecule has 1 aliphatic carbocycles. The van der Waals surface area contributed by atoms with Gasteiger partial charge >= 0.3 is 0 Å². The number of amidine groups is 1. The van der Waals surface area contributed by atoms with Crippen molar-refractivity contribution >= 4 is 6.02 Å². The standard InChI is InChI=1S/C15H13FN4O/c16-13-2-1-10(9-5-18-8-19-6-9)11-3-15(4-12(11)13)7-21-14(17)20-15/h1-2,5-6,8H,3-4,7H2,(H2,17,20). The van der Waals surface area contributed by atoms with Crippen LogP contribution in [0, 0.1) is 5.82 Å². The van der Waals surface area contributed by atoms with Gasteiger partial charge in [-0.15, -0.1) is 0 Å². The number of halogens is 1. The van der Waals surface area contributed by atoms with Gasteiger partial charge in [0, 0.05) is 30.8 Å². The van der Waals surface area contributed by atoms with Crippen LogP contribution in [0.1, 0.15) is 11.1 Å². The first-order valence-electron chi connectivity index (χ1n) is 6.71. The molecule has 106 valence electrons. The van der Waals surface area contributed by atoms with Crippen LogP contribution in [0.15, 0.2) is 35.8 Å². The highest BCUT2D eigenvalue weighted by molar-refractivity contribution is 5.75. The highest BCUT2D eigenvalue weighted by Crippen LogP contribution is 2.41. The quantitative estimate of drug-likeness (QED) is 0.860. The second-order valence-corrected chi connectivity index (χ2v) is 5.50. The molecule has 2 N–H and O–H groups in total. The lowest BCUT2D eigenvalue weighted by Gasteiger charge is -2.15. The minimum absolute atomic E-state index is 0.188. The topological polar surface area (TPSA) is 73.4 Å². The molecule has 0 bridgehead atoms. The minimum Gasteiger partial charge on any atom is -0.463 e. The summed E-state index contributed by atoms with van der Waals surface area (Å²) in [4.78, 5) is 12.5. The molecule has 1 aliphatic heterocycles. The molecule has 1 spiro atoms. The van der Waals surface area contributed by atoms with Gasteiger partial charge in [0.15, 0.2) is 0 Å². The Morgan fingerprint density at radius 2 is 1.90 bits per heavy atom. The maximum absolute atomic E-state index is 14.2. The van der Waals surface area contributed by atoms with E-state index in [-0.39, 0.29) is 11.8 Å². The summed E-state index contributed by atoms with van der Waals surface area (Å²) in [6.45, 7) is 0.400. The first kappa shape index (κ1) is 12.3. The van der Waals surface area contributed by atoms with E-state index in [9.17, 15) is 4.39 Å². The minimum atomic E-state index is -0.459. The van der Waals surface area contributed by atoms with Crippen molar-refractivity contribution in [1.29, 1.82) is 0 Å². The molecule has 2 aromatic rings. The van der Waals surface area contributed by atoms with Crippen LogP contribution in [-0.4, -0.2) is 28.1 Å². The van der Waals surface area contributed by atoms with Crippen LogP contribution >= 0.6 is 0 Å². The largest absolute Gasteiger partial charge is 0.463 e. The first-order chi connectivity index (χ1) is 10.2. The third-order valence-electron chi connectivity index (χ3n) is 4.09. The third-order valence-corrected chi connectivity index (χ3v) is 4.09. The molecule has 1 atom stereocenters. The average Bonchev–Trinajstić information content (AvgIpc) is 3.04. The number of fused-ring (bicyclic) bond motifs is 1. The van der Waals surface area contributed by atoms with E-state index in [2.05, 4.69) is 15.0 Å². The van der Waals surface area contributed by atoms with Crippen LogP contribution in [0.25, 0.3) is 11.1 Å². The van der Waals surface area contributed by atoms with Gasteiger partial charge in [-0.25, -0.2) is 19.4 Å². The molecule has 6 heteroatoms. The molecule has 0 fully saturated rings. The molecule has 1 unspecified atom stereocenters. The molecule has 0 saturated heterocycles. The van der Waals surface area contributed by atoms with Gasteiger partial charge < -0.3 is 10.5 Å². The van der Waals surface area contributed by atoms with Crippen molar-refractivity contribution in [2.45, 2.75) is 18.4 Å². The number of ether oxygens (including phenoxy) is 1. The van der Waals surface area contributed by atoms with Crippen molar-refractivity contribution in [1.82, 2.24) is 9.97 Å². The van der Waals surface area contributed by atoms with Gasteiger partial charge in [-0.2, -0.15) is 0 Å². The van der Waals surface area contributed by atoms with E-state index in [1.165, 1.54) is 12.4 Å². The number of nitrogens with two attached hydrogens (primary N) is 1. The number of aliphatic imine (C=N–C) groups is 1. The summed E-state index contributed by atoms with van der Waals surface area (Å²) in [5.41, 5.74) is 8.63. The van der Waals surface area contributed by atoms with Gasteiger partial charge in [-0.1, -0.05) is 6.07 Å². The van der Waals surface area contributed by atoms with Gasteiger partial charge in [-0.05, 0) is 22.8 Å². The molecule has 1 aromatic carbocycles. The van der Waals surface area contributed by atoms with Gasteiger partial charge in [0.25, 0.3) is 6.02 Å². The Bertz CT molecular complexity index is 747. The SMILES string of the molecule is NC1=NC2(CO1)Cc1c(F)ccc(-c3cncnc3)c1C2. The van der Waals surface area contributed by atoms with E-state index in [1.807, 2.05) is 0 Å². The molecule has 0 saturated carbocycles. The van der Waals surface area contributed by atoms with Crippen LogP contribution in [0.2, 0.25) is 0 Å². The molecule has 4 rings (SSSR count). The second-order valence-electron chi connectivity index (χ2n) is 5.50. The second kappa shape index (κ2) is 4.25. The average molecular weight is 284 g/mol. The molecule has 1 aromatic heterocycles. The fraction of sp³-hybridized carbons (Fsp3) is 0.267. The maximum Gasteiger partial charge on any atom is 0.282 e. The zero-order valence-corrected chi connectivity index (χ0v) is 11.2. The highest BCUT2D eigenvalue weighted by Gasteiger charge is 2.44. The third kappa shape index (κ3) is 1.86. The van der Waals surface area contributed by atoms with Crippen molar-refractivity contribution in [3.8, 4) is 11.1 Å². The Hall–Kier alpha value is -2.50. The molecular formula is C15H13FN4O. The summed E-state index contributed by atoms with van der Waals surface area (Å²) in [5, 5.41) is 0. The smallest absolute Gasteiger partial charge is 0.282 e. The predicted octanol–water partition coefficient (Wildman–Crippen LogP) is 1.46. The molecule has 2 aliphatic rings. The van der Waals surface area contributed by atoms with Crippen molar-refractivity contribution < 1.29 is 9.13 Å². The summed E-state index contributed by atoms with van der Waals surface area (Å²) >= 11 is 0. The molecule has 2 heterocycles. The highest BCUT2D eigenvalue weighted by atomic mass is 19.1. The number of hydrogen-bond acceptors (Lipinski definition) is 5. The van der Waals surface area contributed by atoms with E-state index in [4.69, 9.17) is 10.5 Å². The first-order valence-corrected chi connectivity index (χ1v) is 6.71. The Kier molecular flexibility index (Phi) is 2.48. The van der Waals surface area contributed by atoms with Gasteiger partial charge in [0.05, 0.1) is 0 Å². The summed E-state index contributed by atoms with van der Waals surface area (Å²) in [5.74, 6) is -0.205. The van der Waals surface area contributed by atoms with Crippen molar-refractivity contribution in [3.05, 3.63) is 47.8 Å². The summed E-state index contributed by atoms with van der Waals surface area (Å²) in [6, 6.07) is 3.45. The van der Waals surface area contributed by atoms with Crippen LogP contribution < -0.4 is 5.73 Å². The van der Waals surface area contributed by atoms with Crippen LogP contribution in [-0.2, 0) is 17.6 Å². The van der Waals surface area contributed by atoms with E-state index < -0.39 is 5.54 Å². The van der Waals surface area contributed by atoms with Gasteiger partial charge in [0.1, 0.15) is 24.3 Å².